The molecule has 1 atom stereocenters. The predicted molar refractivity (Wildman–Crippen MR) is 101 cm³/mol. The van der Waals surface area contributed by atoms with Crippen molar-refractivity contribution in [2.45, 2.75) is 25.3 Å². The SMILES string of the molecule is NC(=O)Cn1ccnc1C1CCCN(c2nnc(-c3ccccc3)s2)C1. The van der Waals surface area contributed by atoms with Crippen molar-refractivity contribution in [3.63, 3.8) is 0 Å². The lowest BCUT2D eigenvalue weighted by molar-refractivity contribution is -0.118. The molecule has 2 N–H and O–H groups in total. The molecular formula is C18H20N6OS. The van der Waals surface area contributed by atoms with Gasteiger partial charge in [0.2, 0.25) is 11.0 Å². The number of rotatable bonds is 5. The van der Waals surface area contributed by atoms with Gasteiger partial charge in [-0.15, -0.1) is 10.2 Å². The van der Waals surface area contributed by atoms with Crippen molar-refractivity contribution in [1.29, 1.82) is 0 Å². The molecule has 1 aliphatic rings. The fraction of sp³-hybridized carbons (Fsp3) is 0.333. The first kappa shape index (κ1) is 16.7. The van der Waals surface area contributed by atoms with Crippen molar-refractivity contribution < 1.29 is 4.79 Å². The summed E-state index contributed by atoms with van der Waals surface area (Å²) < 4.78 is 1.85. The van der Waals surface area contributed by atoms with Crippen LogP contribution in [0.5, 0.6) is 0 Å². The Morgan fingerprint density at radius 1 is 1.27 bits per heavy atom. The minimum atomic E-state index is -0.353. The van der Waals surface area contributed by atoms with Crippen molar-refractivity contribution in [2.24, 2.45) is 5.73 Å². The van der Waals surface area contributed by atoms with E-state index in [0.717, 1.165) is 47.5 Å². The van der Waals surface area contributed by atoms with Gasteiger partial charge in [0.1, 0.15) is 17.4 Å². The van der Waals surface area contributed by atoms with E-state index in [4.69, 9.17) is 5.73 Å². The van der Waals surface area contributed by atoms with Crippen molar-refractivity contribution >= 4 is 22.4 Å². The highest BCUT2D eigenvalue weighted by Gasteiger charge is 2.27. The molecule has 134 valence electrons. The Morgan fingerprint density at radius 3 is 2.92 bits per heavy atom. The number of carbonyl (C=O) groups is 1. The van der Waals surface area contributed by atoms with E-state index in [0.29, 0.717) is 0 Å². The first-order chi connectivity index (χ1) is 12.7. The molecule has 3 heterocycles. The number of carbonyl (C=O) groups excluding carboxylic acids is 1. The Balaban J connectivity index is 1.52. The quantitative estimate of drug-likeness (QED) is 0.746. The van der Waals surface area contributed by atoms with Crippen LogP contribution in [0, 0.1) is 0 Å². The Bertz CT molecular complexity index is 890. The maximum absolute atomic E-state index is 11.3. The molecule has 7 nitrogen and oxygen atoms in total. The average molecular weight is 368 g/mol. The van der Waals surface area contributed by atoms with Gasteiger partial charge in [-0.1, -0.05) is 41.7 Å². The third kappa shape index (κ3) is 3.45. The largest absolute Gasteiger partial charge is 0.368 e. The molecule has 1 unspecified atom stereocenters. The van der Waals surface area contributed by atoms with E-state index in [1.165, 1.54) is 0 Å². The zero-order chi connectivity index (χ0) is 17.9. The van der Waals surface area contributed by atoms with E-state index in [-0.39, 0.29) is 18.4 Å². The fourth-order valence-electron chi connectivity index (χ4n) is 3.38. The average Bonchev–Trinajstić information content (AvgIpc) is 3.32. The third-order valence-corrected chi connectivity index (χ3v) is 5.60. The Morgan fingerprint density at radius 2 is 2.12 bits per heavy atom. The number of aromatic nitrogens is 4. The predicted octanol–water partition coefficient (Wildman–Crippen LogP) is 2.27. The molecule has 2 aromatic heterocycles. The van der Waals surface area contributed by atoms with Crippen molar-refractivity contribution in [3.05, 3.63) is 48.5 Å². The normalized spacial score (nSPS) is 17.4. The van der Waals surface area contributed by atoms with Gasteiger partial charge in [-0.25, -0.2) is 4.98 Å². The van der Waals surface area contributed by atoms with Gasteiger partial charge >= 0.3 is 0 Å². The molecular weight excluding hydrogens is 348 g/mol. The first-order valence-corrected chi connectivity index (χ1v) is 9.45. The molecule has 1 saturated heterocycles. The number of hydrogen-bond acceptors (Lipinski definition) is 6. The molecule has 3 aromatic rings. The van der Waals surface area contributed by atoms with Gasteiger partial charge in [-0.2, -0.15) is 0 Å². The summed E-state index contributed by atoms with van der Waals surface area (Å²) in [6, 6.07) is 10.1. The summed E-state index contributed by atoms with van der Waals surface area (Å²) in [5.74, 6) is 0.817. The summed E-state index contributed by atoms with van der Waals surface area (Å²) in [6.07, 6.45) is 5.64. The first-order valence-electron chi connectivity index (χ1n) is 8.64. The summed E-state index contributed by atoms with van der Waals surface area (Å²) in [5, 5.41) is 10.6. The fourth-order valence-corrected chi connectivity index (χ4v) is 4.27. The van der Waals surface area contributed by atoms with Gasteiger partial charge in [0, 0.05) is 37.0 Å². The molecule has 0 saturated carbocycles. The third-order valence-electron chi connectivity index (χ3n) is 4.57. The van der Waals surface area contributed by atoms with Gasteiger partial charge < -0.3 is 15.2 Å². The van der Waals surface area contributed by atoms with E-state index in [1.54, 1.807) is 17.5 Å². The lowest BCUT2D eigenvalue weighted by atomic mass is 9.97. The van der Waals surface area contributed by atoms with Crippen LogP contribution in [0.1, 0.15) is 24.6 Å². The van der Waals surface area contributed by atoms with E-state index in [2.05, 4.69) is 20.1 Å². The second-order valence-corrected chi connectivity index (χ2v) is 7.38. The second kappa shape index (κ2) is 7.25. The van der Waals surface area contributed by atoms with E-state index >= 15 is 0 Å². The monoisotopic (exact) mass is 368 g/mol. The number of imidazole rings is 1. The van der Waals surface area contributed by atoms with Crippen LogP contribution in [0.15, 0.2) is 42.7 Å². The van der Waals surface area contributed by atoms with Crippen LogP contribution in [-0.4, -0.2) is 38.7 Å². The second-order valence-electron chi connectivity index (χ2n) is 6.42. The molecule has 0 bridgehead atoms. The van der Waals surface area contributed by atoms with Crippen LogP contribution >= 0.6 is 11.3 Å². The number of hydrogen-bond donors (Lipinski definition) is 1. The van der Waals surface area contributed by atoms with Gasteiger partial charge in [-0.05, 0) is 12.8 Å². The summed E-state index contributed by atoms with van der Waals surface area (Å²) in [6.45, 7) is 1.94. The van der Waals surface area contributed by atoms with E-state index in [9.17, 15) is 4.79 Å². The van der Waals surface area contributed by atoms with Gasteiger partial charge in [0.05, 0.1) is 0 Å². The van der Waals surface area contributed by atoms with E-state index < -0.39 is 0 Å². The molecule has 0 aliphatic carbocycles. The highest BCUT2D eigenvalue weighted by atomic mass is 32.1. The van der Waals surface area contributed by atoms with Crippen LogP contribution in [0.4, 0.5) is 5.13 Å². The van der Waals surface area contributed by atoms with Gasteiger partial charge in [0.15, 0.2) is 0 Å². The summed E-state index contributed by atoms with van der Waals surface area (Å²) in [4.78, 5) is 18.0. The molecule has 1 fully saturated rings. The molecule has 4 rings (SSSR count). The minimum absolute atomic E-state index is 0.169. The van der Waals surface area contributed by atoms with Crippen LogP contribution < -0.4 is 10.6 Å². The minimum Gasteiger partial charge on any atom is -0.368 e. The number of anilines is 1. The lowest BCUT2D eigenvalue weighted by Crippen LogP contribution is -2.35. The zero-order valence-corrected chi connectivity index (χ0v) is 15.1. The van der Waals surface area contributed by atoms with Crippen LogP contribution in [0.3, 0.4) is 0 Å². The molecule has 0 spiro atoms. The molecule has 1 amide bonds. The zero-order valence-electron chi connectivity index (χ0n) is 14.3. The smallest absolute Gasteiger partial charge is 0.237 e. The van der Waals surface area contributed by atoms with Crippen molar-refractivity contribution in [1.82, 2.24) is 19.7 Å². The summed E-state index contributed by atoms with van der Waals surface area (Å²) >= 11 is 1.61. The molecule has 26 heavy (non-hydrogen) atoms. The van der Waals surface area contributed by atoms with Crippen molar-refractivity contribution in [3.8, 4) is 10.6 Å². The number of benzene rings is 1. The summed E-state index contributed by atoms with van der Waals surface area (Å²) in [5.41, 5.74) is 6.43. The van der Waals surface area contributed by atoms with Crippen LogP contribution in [0.2, 0.25) is 0 Å². The van der Waals surface area contributed by atoms with Gasteiger partial charge in [0.25, 0.3) is 0 Å². The maximum Gasteiger partial charge on any atom is 0.237 e. The maximum atomic E-state index is 11.3. The Kier molecular flexibility index (Phi) is 4.66. The van der Waals surface area contributed by atoms with Gasteiger partial charge in [-0.3, -0.25) is 4.79 Å². The van der Waals surface area contributed by atoms with Crippen LogP contribution in [-0.2, 0) is 11.3 Å². The van der Waals surface area contributed by atoms with Crippen molar-refractivity contribution in [2.75, 3.05) is 18.0 Å². The lowest BCUT2D eigenvalue weighted by Gasteiger charge is -2.32. The number of piperidine rings is 1. The number of nitrogens with zero attached hydrogens (tertiary/aromatic N) is 5. The Labute approximate surface area is 155 Å². The highest BCUT2D eigenvalue weighted by Crippen LogP contribution is 2.33. The number of primary amides is 1. The molecule has 1 aromatic carbocycles. The standard InChI is InChI=1S/C18H20N6OS/c19-15(25)12-23-10-8-20-16(23)14-7-4-9-24(11-14)18-22-21-17(26-18)13-5-2-1-3-6-13/h1-3,5-6,8,10,14H,4,7,9,11-12H2,(H2,19,25). The molecule has 0 radical (unpaired) electrons. The Hall–Kier alpha value is -2.74. The number of amides is 1. The van der Waals surface area contributed by atoms with Crippen LogP contribution in [0.25, 0.3) is 10.6 Å². The topological polar surface area (TPSA) is 89.9 Å². The molecule has 1 aliphatic heterocycles. The highest BCUT2D eigenvalue weighted by molar-refractivity contribution is 7.18. The molecule has 8 heteroatoms. The number of nitrogens with two attached hydrogens (primary N) is 1. The summed E-state index contributed by atoms with van der Waals surface area (Å²) in [7, 11) is 0. The van der Waals surface area contributed by atoms with E-state index in [1.807, 2.05) is 41.1 Å².